The number of ether oxygens (including phenoxy) is 2. The summed E-state index contributed by atoms with van der Waals surface area (Å²) < 4.78 is 23.5. The lowest BCUT2D eigenvalue weighted by atomic mass is 10.1. The number of nitrogens with one attached hydrogen (secondary N) is 1. The molecule has 0 radical (unpaired) electrons. The van der Waals surface area contributed by atoms with Gasteiger partial charge in [0.15, 0.2) is 0 Å². The molecule has 2 rings (SSSR count). The molecular formula is C17H20FNO2. The highest BCUT2D eigenvalue weighted by Crippen LogP contribution is 2.29. The zero-order valence-corrected chi connectivity index (χ0v) is 12.5. The van der Waals surface area contributed by atoms with Gasteiger partial charge in [0.05, 0.1) is 14.2 Å². The molecule has 0 aliphatic heterocycles. The van der Waals surface area contributed by atoms with Crippen molar-refractivity contribution >= 4 is 0 Å². The molecule has 0 aromatic heterocycles. The van der Waals surface area contributed by atoms with Gasteiger partial charge < -0.3 is 14.8 Å². The minimum atomic E-state index is -0.219. The van der Waals surface area contributed by atoms with Crippen molar-refractivity contribution in [3.63, 3.8) is 0 Å². The van der Waals surface area contributed by atoms with Crippen LogP contribution in [-0.2, 0) is 6.54 Å². The second-order valence-corrected chi connectivity index (χ2v) is 4.84. The number of hydrogen-bond donors (Lipinski definition) is 1. The van der Waals surface area contributed by atoms with Gasteiger partial charge in [-0.05, 0) is 30.7 Å². The molecule has 21 heavy (non-hydrogen) atoms. The molecular weight excluding hydrogens is 269 g/mol. The quantitative estimate of drug-likeness (QED) is 0.879. The fraction of sp³-hybridized carbons (Fsp3) is 0.294. The molecule has 3 nitrogen and oxygen atoms in total. The van der Waals surface area contributed by atoms with Gasteiger partial charge in [-0.2, -0.15) is 0 Å². The van der Waals surface area contributed by atoms with Crippen LogP contribution in [0.25, 0.3) is 0 Å². The molecule has 0 heterocycles. The molecule has 1 unspecified atom stereocenters. The van der Waals surface area contributed by atoms with Crippen LogP contribution in [0.15, 0.2) is 42.5 Å². The summed E-state index contributed by atoms with van der Waals surface area (Å²) in [6.07, 6.45) is 0. The van der Waals surface area contributed by atoms with Crippen molar-refractivity contribution in [1.29, 1.82) is 0 Å². The summed E-state index contributed by atoms with van der Waals surface area (Å²) in [5.41, 5.74) is 2.09. The van der Waals surface area contributed by atoms with E-state index >= 15 is 0 Å². The Balaban J connectivity index is 2.05. The molecule has 0 saturated heterocycles. The van der Waals surface area contributed by atoms with Crippen LogP contribution in [0.5, 0.6) is 11.5 Å². The Hall–Kier alpha value is -2.07. The number of benzene rings is 2. The average Bonchev–Trinajstić information content (AvgIpc) is 2.53. The fourth-order valence-corrected chi connectivity index (χ4v) is 2.16. The van der Waals surface area contributed by atoms with Crippen LogP contribution in [0.3, 0.4) is 0 Å². The minimum Gasteiger partial charge on any atom is -0.497 e. The van der Waals surface area contributed by atoms with Crippen molar-refractivity contribution in [2.24, 2.45) is 0 Å². The molecule has 0 amide bonds. The predicted molar refractivity (Wildman–Crippen MR) is 81.2 cm³/mol. The third kappa shape index (κ3) is 3.95. The van der Waals surface area contributed by atoms with Crippen LogP contribution in [-0.4, -0.2) is 14.2 Å². The van der Waals surface area contributed by atoms with Gasteiger partial charge in [0.2, 0.25) is 0 Å². The van der Waals surface area contributed by atoms with E-state index in [1.807, 2.05) is 18.2 Å². The Morgan fingerprint density at radius 2 is 1.76 bits per heavy atom. The van der Waals surface area contributed by atoms with E-state index in [-0.39, 0.29) is 11.9 Å². The monoisotopic (exact) mass is 289 g/mol. The number of halogens is 1. The predicted octanol–water partition coefficient (Wildman–Crippen LogP) is 3.69. The number of methoxy groups -OCH3 is 2. The van der Waals surface area contributed by atoms with Gasteiger partial charge in [0.1, 0.15) is 17.3 Å². The van der Waals surface area contributed by atoms with Crippen molar-refractivity contribution in [1.82, 2.24) is 5.32 Å². The van der Waals surface area contributed by atoms with E-state index in [9.17, 15) is 4.39 Å². The Labute approximate surface area is 124 Å². The topological polar surface area (TPSA) is 30.5 Å². The van der Waals surface area contributed by atoms with Crippen LogP contribution in [0.2, 0.25) is 0 Å². The average molecular weight is 289 g/mol. The molecule has 0 spiro atoms. The summed E-state index contributed by atoms with van der Waals surface area (Å²) in [4.78, 5) is 0. The highest BCUT2D eigenvalue weighted by atomic mass is 19.1. The summed E-state index contributed by atoms with van der Waals surface area (Å²) in [5.74, 6) is 1.33. The maximum Gasteiger partial charge on any atom is 0.127 e. The molecule has 1 atom stereocenters. The van der Waals surface area contributed by atoms with Crippen molar-refractivity contribution in [3.8, 4) is 11.5 Å². The van der Waals surface area contributed by atoms with Crippen molar-refractivity contribution in [3.05, 3.63) is 59.4 Å². The fourth-order valence-electron chi connectivity index (χ4n) is 2.16. The Morgan fingerprint density at radius 1 is 1.05 bits per heavy atom. The Morgan fingerprint density at radius 3 is 2.38 bits per heavy atom. The van der Waals surface area contributed by atoms with Crippen LogP contribution in [0, 0.1) is 5.82 Å². The second kappa shape index (κ2) is 7.09. The summed E-state index contributed by atoms with van der Waals surface area (Å²) in [6, 6.07) is 12.4. The molecule has 0 aliphatic rings. The minimum absolute atomic E-state index is 0.107. The summed E-state index contributed by atoms with van der Waals surface area (Å²) in [7, 11) is 3.27. The van der Waals surface area contributed by atoms with E-state index in [1.165, 1.54) is 12.1 Å². The zero-order valence-electron chi connectivity index (χ0n) is 12.5. The van der Waals surface area contributed by atoms with Crippen LogP contribution in [0.1, 0.15) is 24.1 Å². The summed E-state index contributed by atoms with van der Waals surface area (Å²) in [6.45, 7) is 2.73. The molecule has 2 aromatic carbocycles. The van der Waals surface area contributed by atoms with Gasteiger partial charge in [-0.25, -0.2) is 4.39 Å². The van der Waals surface area contributed by atoms with Crippen molar-refractivity contribution in [2.75, 3.05) is 14.2 Å². The highest BCUT2D eigenvalue weighted by molar-refractivity contribution is 5.42. The van der Waals surface area contributed by atoms with Gasteiger partial charge in [0.25, 0.3) is 0 Å². The van der Waals surface area contributed by atoms with Gasteiger partial charge in [0, 0.05) is 24.2 Å². The van der Waals surface area contributed by atoms with Gasteiger partial charge in [-0.1, -0.05) is 18.2 Å². The van der Waals surface area contributed by atoms with Crippen LogP contribution < -0.4 is 14.8 Å². The molecule has 2 aromatic rings. The third-order valence-corrected chi connectivity index (χ3v) is 3.43. The van der Waals surface area contributed by atoms with Gasteiger partial charge in [-0.15, -0.1) is 0 Å². The Kier molecular flexibility index (Phi) is 5.17. The first-order chi connectivity index (χ1) is 10.1. The van der Waals surface area contributed by atoms with E-state index < -0.39 is 0 Å². The van der Waals surface area contributed by atoms with E-state index in [4.69, 9.17) is 9.47 Å². The van der Waals surface area contributed by atoms with E-state index in [2.05, 4.69) is 12.2 Å². The van der Waals surface area contributed by atoms with Gasteiger partial charge >= 0.3 is 0 Å². The summed E-state index contributed by atoms with van der Waals surface area (Å²) >= 11 is 0. The SMILES string of the molecule is COc1ccc(C(C)NCc2ccc(F)cc2)c(OC)c1. The molecule has 0 fully saturated rings. The molecule has 0 bridgehead atoms. The lowest BCUT2D eigenvalue weighted by molar-refractivity contribution is 0.386. The maximum absolute atomic E-state index is 12.9. The first kappa shape index (κ1) is 15.3. The smallest absolute Gasteiger partial charge is 0.127 e. The molecule has 4 heteroatoms. The highest BCUT2D eigenvalue weighted by Gasteiger charge is 2.12. The van der Waals surface area contributed by atoms with Crippen molar-refractivity contribution in [2.45, 2.75) is 19.5 Å². The molecule has 112 valence electrons. The van der Waals surface area contributed by atoms with Crippen LogP contribution >= 0.6 is 0 Å². The first-order valence-electron chi connectivity index (χ1n) is 6.83. The molecule has 0 aliphatic carbocycles. The summed E-state index contributed by atoms with van der Waals surface area (Å²) in [5, 5.41) is 3.40. The molecule has 1 N–H and O–H groups in total. The van der Waals surface area contributed by atoms with Crippen LogP contribution in [0.4, 0.5) is 4.39 Å². The number of hydrogen-bond acceptors (Lipinski definition) is 3. The second-order valence-electron chi connectivity index (χ2n) is 4.84. The van der Waals surface area contributed by atoms with E-state index in [0.717, 1.165) is 22.6 Å². The Bertz CT molecular complexity index is 584. The largest absolute Gasteiger partial charge is 0.497 e. The lowest BCUT2D eigenvalue weighted by Gasteiger charge is -2.18. The standard InChI is InChI=1S/C17H20FNO2/c1-12(19-11-13-4-6-14(18)7-5-13)16-9-8-15(20-2)10-17(16)21-3/h4-10,12,19H,11H2,1-3H3. The normalized spacial score (nSPS) is 12.0. The van der Waals surface area contributed by atoms with Crippen molar-refractivity contribution < 1.29 is 13.9 Å². The molecule has 0 saturated carbocycles. The number of rotatable bonds is 6. The lowest BCUT2D eigenvalue weighted by Crippen LogP contribution is -2.18. The van der Waals surface area contributed by atoms with Gasteiger partial charge in [-0.3, -0.25) is 0 Å². The first-order valence-corrected chi connectivity index (χ1v) is 6.83. The third-order valence-electron chi connectivity index (χ3n) is 3.43. The zero-order chi connectivity index (χ0) is 15.2. The maximum atomic E-state index is 12.9. The van der Waals surface area contributed by atoms with E-state index in [1.54, 1.807) is 26.4 Å². The van der Waals surface area contributed by atoms with E-state index in [0.29, 0.717) is 6.54 Å².